The minimum Gasteiger partial charge on any atom is -0.295 e. The molecular formula is C35H61N4. The molecule has 39 heavy (non-hydrogen) atoms. The Bertz CT molecular complexity index is 867. The fourth-order valence-electron chi connectivity index (χ4n) is 12.2. The van der Waals surface area contributed by atoms with Crippen LogP contribution in [0.2, 0.25) is 0 Å². The van der Waals surface area contributed by atoms with Gasteiger partial charge >= 0.3 is 0 Å². The van der Waals surface area contributed by atoms with E-state index in [9.17, 15) is 0 Å². The van der Waals surface area contributed by atoms with Crippen LogP contribution in [-0.4, -0.2) is 71.3 Å². The summed E-state index contributed by atoms with van der Waals surface area (Å²) in [6.45, 7) is 19.5. The summed E-state index contributed by atoms with van der Waals surface area (Å²) in [4.78, 5) is 9.43. The Hall–Kier alpha value is -0.160. The number of hydrogen-bond acceptors (Lipinski definition) is 3. The third-order valence-electron chi connectivity index (χ3n) is 13.2. The Kier molecular flexibility index (Phi) is 7.06. The quantitative estimate of drug-likeness (QED) is 0.383. The van der Waals surface area contributed by atoms with Crippen LogP contribution in [0.5, 0.6) is 0 Å². The van der Waals surface area contributed by atoms with Crippen LogP contribution in [-0.2, 0) is 0 Å². The van der Waals surface area contributed by atoms with Crippen molar-refractivity contribution in [2.75, 3.05) is 32.7 Å². The average Bonchev–Trinajstić information content (AvgIpc) is 3.25. The second-order valence-corrected chi connectivity index (χ2v) is 17.8. The van der Waals surface area contributed by atoms with Crippen molar-refractivity contribution < 1.29 is 0 Å². The molecule has 4 unspecified atom stereocenters. The molecule has 2 aliphatic carbocycles. The largest absolute Gasteiger partial charge is 0.295 e. The number of likely N-dealkylation sites (tertiary alicyclic amines) is 1. The molecule has 0 aromatic heterocycles. The molecular weight excluding hydrogens is 476 g/mol. The van der Waals surface area contributed by atoms with Crippen LogP contribution >= 0.6 is 0 Å². The van der Waals surface area contributed by atoms with Crippen LogP contribution in [0.25, 0.3) is 0 Å². The van der Waals surface area contributed by atoms with Crippen molar-refractivity contribution in [1.82, 2.24) is 20.0 Å². The van der Waals surface area contributed by atoms with Crippen molar-refractivity contribution in [2.24, 2.45) is 34.0 Å². The standard InChI is InChI=1S/C35H61N4/c1-32(2)19-30-20-34(5,24-32)25-39(30)35(38-23-26-9-6-11-29(38)12-7-10-26)31(33(3,4)17-8-18-36-35)37-21-27-13-14-28(22-37)16-15-27/h26-31H,6-25H2,1-5H3. The SMILES string of the molecule is CC1(C)CC2CC(C)(CN2C2(N3CC4CCCC3CCC4)[N]CCCC(C)(C)C2N2CC3CCC(CC3)C2)C1. The van der Waals surface area contributed by atoms with Gasteiger partial charge in [-0.15, -0.1) is 0 Å². The van der Waals surface area contributed by atoms with Crippen LogP contribution < -0.4 is 5.32 Å². The van der Waals surface area contributed by atoms with Crippen molar-refractivity contribution in [3.8, 4) is 0 Å². The van der Waals surface area contributed by atoms with E-state index in [1.807, 2.05) is 0 Å². The molecule has 1 radical (unpaired) electrons. The Labute approximate surface area is 241 Å². The van der Waals surface area contributed by atoms with Gasteiger partial charge in [-0.2, -0.15) is 0 Å². The zero-order valence-corrected chi connectivity index (χ0v) is 26.4. The molecule has 0 aromatic carbocycles. The molecule has 0 N–H and O–H groups in total. The Balaban J connectivity index is 1.40. The molecule has 8 aliphatic rings. The van der Waals surface area contributed by atoms with Crippen molar-refractivity contribution >= 4 is 0 Å². The smallest absolute Gasteiger partial charge is 0.161 e. The number of nitrogens with zero attached hydrogens (tertiary/aromatic N) is 4. The van der Waals surface area contributed by atoms with Gasteiger partial charge in [0.05, 0.1) is 6.04 Å². The van der Waals surface area contributed by atoms with Crippen LogP contribution in [0.1, 0.15) is 131 Å². The topological polar surface area (TPSA) is 23.8 Å². The van der Waals surface area contributed by atoms with Gasteiger partial charge in [0, 0.05) is 44.8 Å². The van der Waals surface area contributed by atoms with E-state index < -0.39 is 0 Å². The number of hydrogen-bond donors (Lipinski definition) is 0. The first-order chi connectivity index (χ1) is 18.6. The van der Waals surface area contributed by atoms with Crippen molar-refractivity contribution in [3.63, 3.8) is 0 Å². The highest BCUT2D eigenvalue weighted by molar-refractivity contribution is 5.15. The van der Waals surface area contributed by atoms with E-state index >= 15 is 0 Å². The first-order valence-corrected chi connectivity index (χ1v) is 17.5. The molecule has 4 atom stereocenters. The van der Waals surface area contributed by atoms with Crippen molar-refractivity contribution in [1.29, 1.82) is 0 Å². The number of fused-ring (bicyclic) bond motifs is 9. The lowest BCUT2D eigenvalue weighted by Gasteiger charge is -2.61. The lowest BCUT2D eigenvalue weighted by Crippen LogP contribution is -2.79. The maximum absolute atomic E-state index is 6.17. The maximum Gasteiger partial charge on any atom is 0.161 e. The minimum absolute atomic E-state index is 0.149. The summed E-state index contributed by atoms with van der Waals surface area (Å²) in [5, 5.41) is 6.17. The first-order valence-electron chi connectivity index (χ1n) is 17.5. The summed E-state index contributed by atoms with van der Waals surface area (Å²) in [5.74, 6) is 2.56. The Morgan fingerprint density at radius 1 is 0.641 bits per heavy atom. The third-order valence-corrected chi connectivity index (χ3v) is 13.2. The van der Waals surface area contributed by atoms with Gasteiger partial charge in [0.25, 0.3) is 0 Å². The summed E-state index contributed by atoms with van der Waals surface area (Å²) in [7, 11) is 0. The van der Waals surface area contributed by atoms with E-state index in [1.54, 1.807) is 0 Å². The first kappa shape index (κ1) is 27.7. The van der Waals surface area contributed by atoms with Crippen molar-refractivity contribution in [3.05, 3.63) is 0 Å². The van der Waals surface area contributed by atoms with Crippen molar-refractivity contribution in [2.45, 2.75) is 155 Å². The van der Waals surface area contributed by atoms with Gasteiger partial charge in [-0.05, 0) is 117 Å². The van der Waals surface area contributed by atoms with Gasteiger partial charge in [0.2, 0.25) is 0 Å². The second kappa shape index (κ2) is 9.95. The maximum atomic E-state index is 6.17. The average molecular weight is 538 g/mol. The molecule has 0 amide bonds. The van der Waals surface area contributed by atoms with E-state index in [1.165, 1.54) is 122 Å². The second-order valence-electron chi connectivity index (χ2n) is 17.8. The molecule has 8 rings (SSSR count). The van der Waals surface area contributed by atoms with E-state index in [0.717, 1.165) is 30.3 Å². The third kappa shape index (κ3) is 4.88. The molecule has 4 heteroatoms. The molecule has 221 valence electrons. The highest BCUT2D eigenvalue weighted by Gasteiger charge is 2.65. The molecule has 4 nitrogen and oxygen atoms in total. The van der Waals surface area contributed by atoms with E-state index in [-0.39, 0.29) is 11.2 Å². The highest BCUT2D eigenvalue weighted by Crippen LogP contribution is 2.58. The summed E-state index contributed by atoms with van der Waals surface area (Å²) in [6.07, 6.45) is 21.3. The fourth-order valence-corrected chi connectivity index (χ4v) is 12.2. The Morgan fingerprint density at radius 2 is 1.28 bits per heavy atom. The lowest BCUT2D eigenvalue weighted by atomic mass is 9.65. The summed E-state index contributed by atoms with van der Waals surface area (Å²) < 4.78 is 0. The van der Waals surface area contributed by atoms with Crippen LogP contribution in [0.4, 0.5) is 0 Å². The van der Waals surface area contributed by atoms with Crippen LogP contribution in [0.3, 0.4) is 0 Å². The molecule has 6 aliphatic heterocycles. The monoisotopic (exact) mass is 537 g/mol. The van der Waals surface area contributed by atoms with Crippen LogP contribution in [0.15, 0.2) is 0 Å². The molecule has 6 saturated heterocycles. The van der Waals surface area contributed by atoms with E-state index in [2.05, 4.69) is 49.3 Å². The van der Waals surface area contributed by atoms with Gasteiger partial charge in [-0.1, -0.05) is 47.5 Å². The van der Waals surface area contributed by atoms with E-state index in [0.29, 0.717) is 22.9 Å². The fraction of sp³-hybridized carbons (Fsp3) is 1.00. The normalized spacial score (nSPS) is 48.8. The predicted molar refractivity (Wildman–Crippen MR) is 161 cm³/mol. The van der Waals surface area contributed by atoms with Crippen LogP contribution in [0, 0.1) is 34.0 Å². The zero-order chi connectivity index (χ0) is 27.0. The van der Waals surface area contributed by atoms with E-state index in [4.69, 9.17) is 5.32 Å². The molecule has 8 fully saturated rings. The zero-order valence-electron chi connectivity index (χ0n) is 26.4. The summed E-state index contributed by atoms with van der Waals surface area (Å²) in [6, 6.07) is 1.92. The minimum atomic E-state index is -0.149. The van der Waals surface area contributed by atoms with Gasteiger partial charge in [0.1, 0.15) is 0 Å². The van der Waals surface area contributed by atoms with Gasteiger partial charge in [0.15, 0.2) is 5.79 Å². The lowest BCUT2D eigenvalue weighted by molar-refractivity contribution is -0.186. The summed E-state index contributed by atoms with van der Waals surface area (Å²) in [5.41, 5.74) is 1.16. The Morgan fingerprint density at radius 3 is 1.95 bits per heavy atom. The van der Waals surface area contributed by atoms with Gasteiger partial charge < -0.3 is 0 Å². The predicted octanol–water partition coefficient (Wildman–Crippen LogP) is 7.11. The molecule has 6 heterocycles. The van der Waals surface area contributed by atoms with Gasteiger partial charge in [-0.3, -0.25) is 14.7 Å². The summed E-state index contributed by atoms with van der Waals surface area (Å²) >= 11 is 0. The molecule has 0 aromatic rings. The molecule has 2 saturated carbocycles. The highest BCUT2D eigenvalue weighted by atomic mass is 15.6. The number of rotatable bonds is 3. The molecule has 6 bridgehead atoms. The van der Waals surface area contributed by atoms with Gasteiger partial charge in [-0.25, -0.2) is 5.32 Å². The molecule has 0 spiro atoms.